The number of rotatable bonds is 9. The SMILES string of the molecule is CCCCCCCCCC(O)c1cc(F)c(F)cc1Cl. The van der Waals surface area contributed by atoms with Crippen molar-refractivity contribution in [1.82, 2.24) is 0 Å². The molecule has 0 aliphatic heterocycles. The van der Waals surface area contributed by atoms with Crippen molar-refractivity contribution in [3.8, 4) is 0 Å². The maximum Gasteiger partial charge on any atom is 0.160 e. The largest absolute Gasteiger partial charge is 0.388 e. The first-order chi connectivity index (χ1) is 9.56. The number of halogens is 3. The third-order valence-electron chi connectivity index (χ3n) is 3.48. The monoisotopic (exact) mass is 304 g/mol. The predicted octanol–water partition coefficient (Wildman–Crippen LogP) is 5.79. The number of aliphatic hydroxyl groups excluding tert-OH is 1. The molecular formula is C16H23ClF2O. The molecule has 0 amide bonds. The van der Waals surface area contributed by atoms with E-state index in [4.69, 9.17) is 11.6 Å². The van der Waals surface area contributed by atoms with Gasteiger partial charge in [-0.2, -0.15) is 0 Å². The second kappa shape index (κ2) is 9.30. The van der Waals surface area contributed by atoms with E-state index < -0.39 is 17.7 Å². The van der Waals surface area contributed by atoms with Gasteiger partial charge in [-0.05, 0) is 18.6 Å². The van der Waals surface area contributed by atoms with E-state index in [1.54, 1.807) is 0 Å². The fourth-order valence-corrected chi connectivity index (χ4v) is 2.52. The quantitative estimate of drug-likeness (QED) is 0.452. The molecule has 1 N–H and O–H groups in total. The van der Waals surface area contributed by atoms with E-state index in [-0.39, 0.29) is 10.6 Å². The highest BCUT2D eigenvalue weighted by atomic mass is 35.5. The van der Waals surface area contributed by atoms with Gasteiger partial charge in [0.1, 0.15) is 0 Å². The molecule has 0 saturated heterocycles. The summed E-state index contributed by atoms with van der Waals surface area (Å²) in [6.45, 7) is 2.18. The Morgan fingerprint density at radius 1 is 1.00 bits per heavy atom. The van der Waals surface area contributed by atoms with Crippen LogP contribution in [0.2, 0.25) is 5.02 Å². The van der Waals surface area contributed by atoms with Crippen molar-refractivity contribution >= 4 is 11.6 Å². The molecule has 0 heterocycles. The first-order valence-corrected chi connectivity index (χ1v) is 7.76. The van der Waals surface area contributed by atoms with Crippen LogP contribution in [0.15, 0.2) is 12.1 Å². The van der Waals surface area contributed by atoms with Crippen molar-refractivity contribution in [1.29, 1.82) is 0 Å². The molecule has 4 heteroatoms. The second-order valence-corrected chi connectivity index (χ2v) is 5.62. The highest BCUT2D eigenvalue weighted by Gasteiger charge is 2.15. The van der Waals surface area contributed by atoms with Gasteiger partial charge in [0.05, 0.1) is 6.10 Å². The molecule has 0 saturated carbocycles. The lowest BCUT2D eigenvalue weighted by Gasteiger charge is -2.13. The number of hydrogen-bond acceptors (Lipinski definition) is 1. The van der Waals surface area contributed by atoms with Crippen LogP contribution in [0.5, 0.6) is 0 Å². The first-order valence-electron chi connectivity index (χ1n) is 7.38. The molecule has 0 radical (unpaired) electrons. The van der Waals surface area contributed by atoms with E-state index in [0.29, 0.717) is 6.42 Å². The Morgan fingerprint density at radius 3 is 2.20 bits per heavy atom. The lowest BCUT2D eigenvalue weighted by Crippen LogP contribution is -2.01. The Labute approximate surface area is 125 Å². The summed E-state index contributed by atoms with van der Waals surface area (Å²) < 4.78 is 26.1. The molecule has 1 nitrogen and oxygen atoms in total. The molecule has 114 valence electrons. The Morgan fingerprint density at radius 2 is 1.55 bits per heavy atom. The van der Waals surface area contributed by atoms with Gasteiger partial charge in [-0.3, -0.25) is 0 Å². The van der Waals surface area contributed by atoms with Crippen molar-refractivity contribution in [3.63, 3.8) is 0 Å². The summed E-state index contributed by atoms with van der Waals surface area (Å²) in [7, 11) is 0. The van der Waals surface area contributed by atoms with E-state index in [2.05, 4.69) is 6.92 Å². The third-order valence-corrected chi connectivity index (χ3v) is 3.81. The minimum Gasteiger partial charge on any atom is -0.388 e. The number of aliphatic hydroxyl groups is 1. The van der Waals surface area contributed by atoms with Crippen molar-refractivity contribution in [3.05, 3.63) is 34.4 Å². The molecule has 1 atom stereocenters. The normalized spacial score (nSPS) is 12.7. The Balaban J connectivity index is 2.32. The van der Waals surface area contributed by atoms with Crippen LogP contribution in [0.1, 0.15) is 70.0 Å². The lowest BCUT2D eigenvalue weighted by molar-refractivity contribution is 0.163. The summed E-state index contributed by atoms with van der Waals surface area (Å²) in [6, 6.07) is 1.91. The highest BCUT2D eigenvalue weighted by molar-refractivity contribution is 6.31. The Bertz CT molecular complexity index is 410. The van der Waals surface area contributed by atoms with Crippen molar-refractivity contribution < 1.29 is 13.9 Å². The zero-order chi connectivity index (χ0) is 15.0. The lowest BCUT2D eigenvalue weighted by atomic mass is 10.0. The minimum atomic E-state index is -0.984. The fraction of sp³-hybridized carbons (Fsp3) is 0.625. The number of benzene rings is 1. The van der Waals surface area contributed by atoms with Gasteiger partial charge in [-0.1, -0.05) is 63.5 Å². The van der Waals surface area contributed by atoms with Gasteiger partial charge < -0.3 is 5.11 Å². The first kappa shape index (κ1) is 17.4. The molecule has 0 aliphatic carbocycles. The molecule has 0 fully saturated rings. The molecule has 1 unspecified atom stereocenters. The second-order valence-electron chi connectivity index (χ2n) is 5.21. The average Bonchev–Trinajstić information content (AvgIpc) is 2.41. The molecular weight excluding hydrogens is 282 g/mol. The van der Waals surface area contributed by atoms with Gasteiger partial charge in [0.15, 0.2) is 11.6 Å². The fourth-order valence-electron chi connectivity index (χ4n) is 2.24. The predicted molar refractivity (Wildman–Crippen MR) is 78.9 cm³/mol. The van der Waals surface area contributed by atoms with Gasteiger partial charge >= 0.3 is 0 Å². The van der Waals surface area contributed by atoms with Gasteiger partial charge in [-0.25, -0.2) is 8.78 Å². The highest BCUT2D eigenvalue weighted by Crippen LogP contribution is 2.29. The molecule has 20 heavy (non-hydrogen) atoms. The van der Waals surface area contributed by atoms with Gasteiger partial charge in [0.25, 0.3) is 0 Å². The molecule has 0 bridgehead atoms. The van der Waals surface area contributed by atoms with Gasteiger partial charge in [0, 0.05) is 10.6 Å². The van der Waals surface area contributed by atoms with Crippen LogP contribution in [0, 0.1) is 11.6 Å². The van der Waals surface area contributed by atoms with E-state index in [9.17, 15) is 13.9 Å². The number of unbranched alkanes of at least 4 members (excludes halogenated alkanes) is 6. The van der Waals surface area contributed by atoms with Crippen LogP contribution >= 0.6 is 11.6 Å². The van der Waals surface area contributed by atoms with Crippen LogP contribution in [-0.2, 0) is 0 Å². The van der Waals surface area contributed by atoms with Gasteiger partial charge in [0.2, 0.25) is 0 Å². The summed E-state index contributed by atoms with van der Waals surface area (Å²) in [5, 5.41) is 10.1. The van der Waals surface area contributed by atoms with Crippen LogP contribution < -0.4 is 0 Å². The van der Waals surface area contributed by atoms with Gasteiger partial charge in [-0.15, -0.1) is 0 Å². The number of hydrogen-bond donors (Lipinski definition) is 1. The van der Waals surface area contributed by atoms with Crippen LogP contribution in [0.4, 0.5) is 8.78 Å². The van der Waals surface area contributed by atoms with Crippen LogP contribution in [0.25, 0.3) is 0 Å². The zero-order valence-electron chi connectivity index (χ0n) is 12.0. The van der Waals surface area contributed by atoms with Crippen LogP contribution in [0.3, 0.4) is 0 Å². The zero-order valence-corrected chi connectivity index (χ0v) is 12.7. The van der Waals surface area contributed by atoms with Crippen molar-refractivity contribution in [2.75, 3.05) is 0 Å². The maximum absolute atomic E-state index is 13.1. The summed E-state index contributed by atoms with van der Waals surface area (Å²) in [5.74, 6) is -1.95. The average molecular weight is 305 g/mol. The standard InChI is InChI=1S/C16H23ClF2O/c1-2-3-4-5-6-7-8-9-16(20)12-10-14(18)15(19)11-13(12)17/h10-11,16,20H,2-9H2,1H3. The summed E-state index contributed by atoms with van der Waals surface area (Å²) in [4.78, 5) is 0. The third kappa shape index (κ3) is 5.76. The summed E-state index contributed by atoms with van der Waals surface area (Å²) >= 11 is 5.83. The minimum absolute atomic E-state index is 0.0827. The smallest absolute Gasteiger partial charge is 0.160 e. The summed E-state index contributed by atoms with van der Waals surface area (Å²) in [6.07, 6.45) is 7.74. The molecule has 1 aromatic rings. The van der Waals surface area contributed by atoms with Crippen LogP contribution in [-0.4, -0.2) is 5.11 Å². The Kier molecular flexibility index (Phi) is 8.08. The van der Waals surface area contributed by atoms with Crippen molar-refractivity contribution in [2.24, 2.45) is 0 Å². The van der Waals surface area contributed by atoms with E-state index in [1.807, 2.05) is 0 Å². The molecule has 1 rings (SSSR count). The topological polar surface area (TPSA) is 20.2 Å². The van der Waals surface area contributed by atoms with E-state index in [0.717, 1.165) is 31.4 Å². The van der Waals surface area contributed by atoms with Crippen molar-refractivity contribution in [2.45, 2.75) is 64.4 Å². The molecule has 0 aliphatic rings. The van der Waals surface area contributed by atoms with E-state index >= 15 is 0 Å². The molecule has 0 spiro atoms. The van der Waals surface area contributed by atoms with E-state index in [1.165, 1.54) is 25.7 Å². The summed E-state index contributed by atoms with van der Waals surface area (Å²) in [5.41, 5.74) is 0.275. The molecule has 0 aromatic heterocycles. The molecule has 1 aromatic carbocycles. The maximum atomic E-state index is 13.1. The Hall–Kier alpha value is -0.670.